The van der Waals surface area contributed by atoms with Crippen LogP contribution in [0.5, 0.6) is 5.88 Å². The van der Waals surface area contributed by atoms with E-state index in [0.29, 0.717) is 45.1 Å². The number of carbonyl (C=O) groups is 2. The number of pyridine rings is 1. The van der Waals surface area contributed by atoms with Crippen molar-refractivity contribution < 1.29 is 19.4 Å². The second kappa shape index (κ2) is 15.8. The summed E-state index contributed by atoms with van der Waals surface area (Å²) in [5.74, 6) is 0.444. The topological polar surface area (TPSA) is 133 Å². The van der Waals surface area contributed by atoms with Gasteiger partial charge in [0.15, 0.2) is 0 Å². The van der Waals surface area contributed by atoms with E-state index in [4.69, 9.17) is 9.72 Å². The van der Waals surface area contributed by atoms with Gasteiger partial charge in [-0.2, -0.15) is 0 Å². The number of carboxylic acid groups (broad SMARTS) is 1. The first-order valence-electron chi connectivity index (χ1n) is 14.0. The second-order valence-electron chi connectivity index (χ2n) is 9.79. The maximum atomic E-state index is 12.4. The van der Waals surface area contributed by atoms with Crippen LogP contribution in [0.2, 0.25) is 0 Å². The van der Waals surface area contributed by atoms with Gasteiger partial charge in [-0.3, -0.25) is 9.88 Å². The van der Waals surface area contributed by atoms with Crippen molar-refractivity contribution in [3.8, 4) is 5.88 Å². The van der Waals surface area contributed by atoms with Gasteiger partial charge in [0.2, 0.25) is 5.88 Å². The van der Waals surface area contributed by atoms with Gasteiger partial charge in [0.1, 0.15) is 18.5 Å². The molecule has 2 aromatic rings. The Balaban J connectivity index is 1.53. The van der Waals surface area contributed by atoms with Gasteiger partial charge in [0.25, 0.3) is 0 Å². The number of nitrogens with one attached hydrogen (secondary N) is 2. The van der Waals surface area contributed by atoms with Crippen molar-refractivity contribution in [1.29, 1.82) is 0 Å². The van der Waals surface area contributed by atoms with Crippen molar-refractivity contribution in [3.05, 3.63) is 41.5 Å². The summed E-state index contributed by atoms with van der Waals surface area (Å²) >= 11 is 0. The van der Waals surface area contributed by atoms with E-state index in [1.54, 1.807) is 17.3 Å². The molecule has 0 aromatic carbocycles. The van der Waals surface area contributed by atoms with Crippen LogP contribution in [0.25, 0.3) is 0 Å². The zero-order chi connectivity index (χ0) is 28.0. The highest BCUT2D eigenvalue weighted by Crippen LogP contribution is 2.20. The fourth-order valence-corrected chi connectivity index (χ4v) is 4.54. The molecule has 0 saturated heterocycles. The summed E-state index contributed by atoms with van der Waals surface area (Å²) in [4.78, 5) is 41.3. The fourth-order valence-electron chi connectivity index (χ4n) is 4.54. The van der Waals surface area contributed by atoms with Crippen LogP contribution in [0.3, 0.4) is 0 Å². The summed E-state index contributed by atoms with van der Waals surface area (Å²) in [6.45, 7) is 9.93. The third-order valence-corrected chi connectivity index (χ3v) is 6.90. The Morgan fingerprint density at radius 2 is 1.95 bits per heavy atom. The number of rotatable bonds is 16. The Morgan fingerprint density at radius 3 is 2.67 bits per heavy atom. The molecule has 0 bridgehead atoms. The molecule has 1 atom stereocenters. The standard InChI is InChI=1S/C28H43N7O4/c1-4-35(5-2)28(38)33-24(27(36)37)13-16-34(17-18-39-25-20-30-21(3)19-31-25)15-7-6-10-23-12-11-22-9-8-14-29-26(22)32-23/h11-12,19-20,24H,4-10,13-18H2,1-3H3,(H,29,32)(H,33,38)(H,36,37). The summed E-state index contributed by atoms with van der Waals surface area (Å²) in [6, 6.07) is 2.99. The molecule has 3 rings (SSSR count). The Kier molecular flexibility index (Phi) is 12.2. The number of carbonyl (C=O) groups excluding carboxylic acids is 1. The van der Waals surface area contributed by atoms with Crippen LogP contribution in [-0.2, 0) is 17.6 Å². The SMILES string of the molecule is CCN(CC)C(=O)NC(CCN(CCCCc1ccc2c(n1)NCCC2)CCOc1cnc(C)cn1)C(=O)O. The predicted octanol–water partition coefficient (Wildman–Crippen LogP) is 3.14. The number of aromatic nitrogens is 3. The van der Waals surface area contributed by atoms with Crippen molar-refractivity contribution in [2.45, 2.75) is 65.3 Å². The van der Waals surface area contributed by atoms with Gasteiger partial charge >= 0.3 is 12.0 Å². The molecule has 0 aliphatic carbocycles. The van der Waals surface area contributed by atoms with Crippen LogP contribution in [0.15, 0.2) is 24.5 Å². The zero-order valence-electron chi connectivity index (χ0n) is 23.5. The molecule has 11 nitrogen and oxygen atoms in total. The first-order chi connectivity index (χ1) is 18.9. The molecule has 1 aliphatic rings. The lowest BCUT2D eigenvalue weighted by Crippen LogP contribution is -2.49. The maximum absolute atomic E-state index is 12.4. The molecule has 0 radical (unpaired) electrons. The number of hydrogen-bond donors (Lipinski definition) is 3. The van der Waals surface area contributed by atoms with E-state index in [1.807, 2.05) is 20.8 Å². The van der Waals surface area contributed by atoms with E-state index in [2.05, 4.69) is 37.6 Å². The number of aryl methyl sites for hydroxylation is 3. The number of hydrogen-bond acceptors (Lipinski definition) is 8. The summed E-state index contributed by atoms with van der Waals surface area (Å²) in [5.41, 5.74) is 3.19. The number of aliphatic carboxylic acids is 1. The zero-order valence-corrected chi connectivity index (χ0v) is 23.5. The Bertz CT molecular complexity index is 1050. The van der Waals surface area contributed by atoms with Crippen LogP contribution in [0.1, 0.15) is 56.5 Å². The lowest BCUT2D eigenvalue weighted by atomic mass is 10.1. The average molecular weight is 542 g/mol. The van der Waals surface area contributed by atoms with E-state index in [-0.39, 0.29) is 6.03 Å². The van der Waals surface area contributed by atoms with E-state index < -0.39 is 12.0 Å². The summed E-state index contributed by atoms with van der Waals surface area (Å²) in [7, 11) is 0. The van der Waals surface area contributed by atoms with Crippen molar-refractivity contribution in [1.82, 2.24) is 30.1 Å². The minimum absolute atomic E-state index is 0.296. The summed E-state index contributed by atoms with van der Waals surface area (Å²) in [6.07, 6.45) is 8.56. The Hall–Kier alpha value is -3.47. The molecular weight excluding hydrogens is 498 g/mol. The van der Waals surface area contributed by atoms with Gasteiger partial charge in [0.05, 0.1) is 18.1 Å². The highest BCUT2D eigenvalue weighted by atomic mass is 16.5. The largest absolute Gasteiger partial charge is 0.480 e. The smallest absolute Gasteiger partial charge is 0.326 e. The van der Waals surface area contributed by atoms with Crippen molar-refractivity contribution in [3.63, 3.8) is 0 Å². The Morgan fingerprint density at radius 1 is 1.13 bits per heavy atom. The molecule has 11 heteroatoms. The predicted molar refractivity (Wildman–Crippen MR) is 150 cm³/mol. The van der Waals surface area contributed by atoms with Crippen LogP contribution in [0, 0.1) is 6.92 Å². The average Bonchev–Trinajstić information content (AvgIpc) is 2.94. The number of nitrogens with zero attached hydrogens (tertiary/aromatic N) is 5. The molecule has 2 amide bonds. The number of unbranched alkanes of at least 4 members (excludes halogenated alkanes) is 1. The summed E-state index contributed by atoms with van der Waals surface area (Å²) in [5, 5.41) is 15.8. The fraction of sp³-hybridized carbons (Fsp3) is 0.607. The van der Waals surface area contributed by atoms with Crippen LogP contribution >= 0.6 is 0 Å². The lowest BCUT2D eigenvalue weighted by Gasteiger charge is -2.26. The minimum atomic E-state index is -1.03. The molecule has 1 unspecified atom stereocenters. The van der Waals surface area contributed by atoms with Gasteiger partial charge < -0.3 is 25.4 Å². The van der Waals surface area contributed by atoms with E-state index in [0.717, 1.165) is 62.4 Å². The molecule has 0 saturated carbocycles. The Labute approximate surface area is 231 Å². The van der Waals surface area contributed by atoms with Gasteiger partial charge in [0, 0.05) is 38.4 Å². The third kappa shape index (κ3) is 9.97. The van der Waals surface area contributed by atoms with E-state index in [1.165, 1.54) is 5.56 Å². The molecule has 3 heterocycles. The van der Waals surface area contributed by atoms with Crippen molar-refractivity contribution >= 4 is 17.8 Å². The van der Waals surface area contributed by atoms with Crippen molar-refractivity contribution in [2.24, 2.45) is 0 Å². The minimum Gasteiger partial charge on any atom is -0.480 e. The molecular formula is C28H43N7O4. The second-order valence-corrected chi connectivity index (χ2v) is 9.79. The number of anilines is 1. The van der Waals surface area contributed by atoms with Crippen molar-refractivity contribution in [2.75, 3.05) is 51.2 Å². The number of amides is 2. The number of fused-ring (bicyclic) bond motifs is 1. The maximum Gasteiger partial charge on any atom is 0.326 e. The third-order valence-electron chi connectivity index (χ3n) is 6.90. The molecule has 39 heavy (non-hydrogen) atoms. The lowest BCUT2D eigenvalue weighted by molar-refractivity contribution is -0.139. The van der Waals surface area contributed by atoms with Gasteiger partial charge in [-0.1, -0.05) is 6.07 Å². The quantitative estimate of drug-likeness (QED) is 0.274. The molecule has 1 aliphatic heterocycles. The molecule has 3 N–H and O–H groups in total. The van der Waals surface area contributed by atoms with Gasteiger partial charge in [-0.05, 0) is 77.5 Å². The van der Waals surface area contributed by atoms with Crippen LogP contribution < -0.4 is 15.4 Å². The molecule has 0 fully saturated rings. The number of urea groups is 1. The number of ether oxygens (including phenoxy) is 1. The van der Waals surface area contributed by atoms with Gasteiger partial charge in [-0.25, -0.2) is 19.6 Å². The van der Waals surface area contributed by atoms with Crippen LogP contribution in [-0.4, -0.2) is 93.8 Å². The van der Waals surface area contributed by atoms with Gasteiger partial charge in [-0.15, -0.1) is 0 Å². The molecule has 2 aromatic heterocycles. The van der Waals surface area contributed by atoms with E-state index >= 15 is 0 Å². The normalized spacial score (nSPS) is 13.3. The highest BCUT2D eigenvalue weighted by Gasteiger charge is 2.23. The monoisotopic (exact) mass is 541 g/mol. The van der Waals surface area contributed by atoms with Crippen LogP contribution in [0.4, 0.5) is 10.6 Å². The molecule has 0 spiro atoms. The highest BCUT2D eigenvalue weighted by molar-refractivity contribution is 5.82. The first kappa shape index (κ1) is 30.1. The number of carboxylic acids is 1. The van der Waals surface area contributed by atoms with E-state index in [9.17, 15) is 14.7 Å². The summed E-state index contributed by atoms with van der Waals surface area (Å²) < 4.78 is 5.77. The molecule has 214 valence electrons. The first-order valence-corrected chi connectivity index (χ1v) is 14.0.